The molecule has 6 nitrogen and oxygen atoms in total. The molecule has 0 heterocycles. The third-order valence-corrected chi connectivity index (χ3v) is 4.17. The summed E-state index contributed by atoms with van der Waals surface area (Å²) < 4.78 is 5.49. The largest absolute Gasteiger partial charge is 0.474 e. The lowest BCUT2D eigenvalue weighted by Gasteiger charge is -2.30. The monoisotopic (exact) mass is 306 g/mol. The van der Waals surface area contributed by atoms with Gasteiger partial charge in [0.05, 0.1) is 4.92 Å². The quantitative estimate of drug-likeness (QED) is 0.669. The summed E-state index contributed by atoms with van der Waals surface area (Å²) in [6, 6.07) is 6.25. The Bertz CT molecular complexity index is 547. The van der Waals surface area contributed by atoms with Crippen LogP contribution in [0, 0.1) is 16.0 Å². The van der Waals surface area contributed by atoms with Crippen LogP contribution in [0.15, 0.2) is 24.3 Å². The number of para-hydroxylation sites is 2. The van der Waals surface area contributed by atoms with Gasteiger partial charge < -0.3 is 10.1 Å². The minimum Gasteiger partial charge on any atom is -0.474 e. The van der Waals surface area contributed by atoms with E-state index < -0.39 is 11.0 Å². The zero-order valence-corrected chi connectivity index (χ0v) is 13.0. The summed E-state index contributed by atoms with van der Waals surface area (Å²) in [5.74, 6) is 0.347. The number of rotatable bonds is 5. The number of nitrogens with one attached hydrogen (secondary N) is 1. The maximum Gasteiger partial charge on any atom is 0.310 e. The predicted octanol–water partition coefficient (Wildman–Crippen LogP) is 3.06. The molecule has 6 heteroatoms. The van der Waals surface area contributed by atoms with Gasteiger partial charge in [0, 0.05) is 12.1 Å². The lowest BCUT2D eigenvalue weighted by atomic mass is 9.86. The first kappa shape index (κ1) is 16.3. The van der Waals surface area contributed by atoms with Gasteiger partial charge in [0.25, 0.3) is 5.91 Å². The molecule has 1 aromatic carbocycles. The first-order valence-electron chi connectivity index (χ1n) is 7.69. The molecule has 0 aromatic heterocycles. The third-order valence-electron chi connectivity index (χ3n) is 4.17. The highest BCUT2D eigenvalue weighted by atomic mass is 16.6. The highest BCUT2D eigenvalue weighted by Crippen LogP contribution is 2.27. The van der Waals surface area contributed by atoms with Crippen LogP contribution < -0.4 is 10.1 Å². The van der Waals surface area contributed by atoms with Crippen molar-refractivity contribution >= 4 is 11.6 Å². The van der Waals surface area contributed by atoms with Crippen molar-refractivity contribution < 1.29 is 14.5 Å². The number of benzene rings is 1. The van der Waals surface area contributed by atoms with Crippen LogP contribution in [0.3, 0.4) is 0 Å². The summed E-state index contributed by atoms with van der Waals surface area (Å²) in [6.07, 6.45) is 3.65. The Hall–Kier alpha value is -2.11. The SMILES string of the molecule is C[C@@H](Oc1ccccc1[N+](=O)[O-])C(=O)N[C@H]1CCCC[C@@H]1C. The number of nitrogens with zero attached hydrogens (tertiary/aromatic N) is 1. The molecule has 1 N–H and O–H groups in total. The molecule has 1 aliphatic carbocycles. The van der Waals surface area contributed by atoms with E-state index in [1.165, 1.54) is 18.6 Å². The molecule has 120 valence electrons. The number of hydrogen-bond acceptors (Lipinski definition) is 4. The molecule has 1 amide bonds. The fraction of sp³-hybridized carbons (Fsp3) is 0.562. The average Bonchev–Trinajstić information content (AvgIpc) is 2.49. The second-order valence-corrected chi connectivity index (χ2v) is 5.86. The molecule has 1 saturated carbocycles. The van der Waals surface area contributed by atoms with E-state index in [0.717, 1.165) is 19.3 Å². The molecular formula is C16H22N2O4. The normalized spacial score (nSPS) is 22.6. The summed E-state index contributed by atoms with van der Waals surface area (Å²) in [5, 5.41) is 14.0. The second kappa shape index (κ2) is 7.24. The Morgan fingerprint density at radius 3 is 2.73 bits per heavy atom. The standard InChI is InChI=1S/C16H22N2O4/c1-11-7-3-4-8-13(11)17-16(19)12(2)22-15-10-6-5-9-14(15)18(20)21/h5-6,9-13H,3-4,7-8H2,1-2H3,(H,17,19)/t11-,12+,13-/m0/s1. The van der Waals surface area contributed by atoms with Gasteiger partial charge in [-0.25, -0.2) is 0 Å². The average molecular weight is 306 g/mol. The van der Waals surface area contributed by atoms with Crippen molar-refractivity contribution in [3.05, 3.63) is 34.4 Å². The lowest BCUT2D eigenvalue weighted by Crippen LogP contribution is -2.46. The van der Waals surface area contributed by atoms with Crippen LogP contribution in [-0.4, -0.2) is 23.0 Å². The van der Waals surface area contributed by atoms with Gasteiger partial charge in [-0.05, 0) is 31.7 Å². The van der Waals surface area contributed by atoms with Crippen molar-refractivity contribution in [3.8, 4) is 5.75 Å². The smallest absolute Gasteiger partial charge is 0.310 e. The van der Waals surface area contributed by atoms with Gasteiger partial charge in [-0.3, -0.25) is 14.9 Å². The van der Waals surface area contributed by atoms with E-state index in [9.17, 15) is 14.9 Å². The number of carbonyl (C=O) groups is 1. The first-order valence-corrected chi connectivity index (χ1v) is 7.69. The molecule has 0 aliphatic heterocycles. The molecule has 0 unspecified atom stereocenters. The summed E-state index contributed by atoms with van der Waals surface area (Å²) >= 11 is 0. The predicted molar refractivity (Wildman–Crippen MR) is 82.7 cm³/mol. The van der Waals surface area contributed by atoms with E-state index in [1.807, 2.05) is 0 Å². The Balaban J connectivity index is 1.98. The summed E-state index contributed by atoms with van der Waals surface area (Å²) in [6.45, 7) is 3.75. The van der Waals surface area contributed by atoms with Crippen molar-refractivity contribution in [2.45, 2.75) is 51.7 Å². The number of carbonyl (C=O) groups excluding carboxylic acids is 1. The van der Waals surface area contributed by atoms with Crippen LogP contribution in [-0.2, 0) is 4.79 Å². The summed E-state index contributed by atoms with van der Waals surface area (Å²) in [4.78, 5) is 22.7. The maximum absolute atomic E-state index is 12.2. The fourth-order valence-corrected chi connectivity index (χ4v) is 2.78. The molecule has 0 bridgehead atoms. The molecule has 0 spiro atoms. The molecular weight excluding hydrogens is 284 g/mol. The number of nitro groups is 1. The molecule has 1 fully saturated rings. The number of ether oxygens (including phenoxy) is 1. The molecule has 1 aromatic rings. The Morgan fingerprint density at radius 2 is 2.05 bits per heavy atom. The van der Waals surface area contributed by atoms with Crippen LogP contribution in [0.1, 0.15) is 39.5 Å². The molecule has 0 radical (unpaired) electrons. The topological polar surface area (TPSA) is 81.5 Å². The number of amides is 1. The maximum atomic E-state index is 12.2. The van der Waals surface area contributed by atoms with Crippen LogP contribution in [0.4, 0.5) is 5.69 Å². The summed E-state index contributed by atoms with van der Waals surface area (Å²) in [5.41, 5.74) is -0.131. The molecule has 22 heavy (non-hydrogen) atoms. The number of hydrogen-bond donors (Lipinski definition) is 1. The molecule has 1 aliphatic rings. The van der Waals surface area contributed by atoms with Crippen LogP contribution >= 0.6 is 0 Å². The third kappa shape index (κ3) is 3.96. The van der Waals surface area contributed by atoms with Crippen molar-refractivity contribution in [2.24, 2.45) is 5.92 Å². The molecule has 0 saturated heterocycles. The van der Waals surface area contributed by atoms with E-state index in [0.29, 0.717) is 5.92 Å². The van der Waals surface area contributed by atoms with E-state index in [1.54, 1.807) is 19.1 Å². The highest BCUT2D eigenvalue weighted by Gasteiger charge is 2.26. The molecule has 2 rings (SSSR count). The van der Waals surface area contributed by atoms with Crippen molar-refractivity contribution in [2.75, 3.05) is 0 Å². The van der Waals surface area contributed by atoms with E-state index in [2.05, 4.69) is 12.2 Å². The zero-order valence-electron chi connectivity index (χ0n) is 13.0. The van der Waals surface area contributed by atoms with Gasteiger partial charge in [0.2, 0.25) is 0 Å². The van der Waals surface area contributed by atoms with E-state index >= 15 is 0 Å². The van der Waals surface area contributed by atoms with Crippen molar-refractivity contribution in [3.63, 3.8) is 0 Å². The zero-order chi connectivity index (χ0) is 16.1. The highest BCUT2D eigenvalue weighted by molar-refractivity contribution is 5.81. The van der Waals surface area contributed by atoms with E-state index in [4.69, 9.17) is 4.74 Å². The van der Waals surface area contributed by atoms with Crippen molar-refractivity contribution in [1.29, 1.82) is 0 Å². The van der Waals surface area contributed by atoms with E-state index in [-0.39, 0.29) is 23.4 Å². The fourth-order valence-electron chi connectivity index (χ4n) is 2.78. The Labute approximate surface area is 130 Å². The van der Waals surface area contributed by atoms with Gasteiger partial charge in [-0.15, -0.1) is 0 Å². The summed E-state index contributed by atoms with van der Waals surface area (Å²) in [7, 11) is 0. The Morgan fingerprint density at radius 1 is 1.36 bits per heavy atom. The second-order valence-electron chi connectivity index (χ2n) is 5.86. The van der Waals surface area contributed by atoms with Crippen LogP contribution in [0.25, 0.3) is 0 Å². The van der Waals surface area contributed by atoms with Gasteiger partial charge >= 0.3 is 5.69 Å². The lowest BCUT2D eigenvalue weighted by molar-refractivity contribution is -0.386. The van der Waals surface area contributed by atoms with Crippen LogP contribution in [0.5, 0.6) is 5.75 Å². The van der Waals surface area contributed by atoms with Gasteiger partial charge in [-0.1, -0.05) is 31.9 Å². The van der Waals surface area contributed by atoms with Crippen molar-refractivity contribution in [1.82, 2.24) is 5.32 Å². The Kier molecular flexibility index (Phi) is 5.35. The number of nitro benzene ring substituents is 1. The van der Waals surface area contributed by atoms with Crippen LogP contribution in [0.2, 0.25) is 0 Å². The van der Waals surface area contributed by atoms with Gasteiger partial charge in [-0.2, -0.15) is 0 Å². The minimum absolute atomic E-state index is 0.117. The van der Waals surface area contributed by atoms with Gasteiger partial charge in [0.15, 0.2) is 11.9 Å². The molecule has 3 atom stereocenters. The van der Waals surface area contributed by atoms with Gasteiger partial charge in [0.1, 0.15) is 0 Å². The first-order chi connectivity index (χ1) is 10.5. The minimum atomic E-state index is -0.768.